The molecule has 3 heterocycles. The molecule has 1 radical (unpaired) electrons. The van der Waals surface area contributed by atoms with Gasteiger partial charge in [-0.1, -0.05) is 0 Å². The predicted molar refractivity (Wildman–Crippen MR) is 126 cm³/mol. The molecule has 13 nitrogen and oxygen atoms in total. The summed E-state index contributed by atoms with van der Waals surface area (Å²) >= 11 is 0. The minimum atomic E-state index is -1.15. The molecule has 0 aliphatic carbocycles. The fraction of sp³-hybridized carbons (Fsp3) is 0.739. The third-order valence-corrected chi connectivity index (χ3v) is 7.02. The quantitative estimate of drug-likeness (QED) is 0.255. The van der Waals surface area contributed by atoms with E-state index in [1.54, 1.807) is 0 Å². The second-order valence-electron chi connectivity index (χ2n) is 9.48. The first kappa shape index (κ1) is 27.5. The minimum Gasteiger partial charge on any atom is -0.394 e. The summed E-state index contributed by atoms with van der Waals surface area (Å²) in [5.41, 5.74) is 5.38. The van der Waals surface area contributed by atoms with Crippen LogP contribution in [0.2, 0.25) is 0 Å². The number of nitrogens with two attached hydrogens (primary N) is 1. The van der Waals surface area contributed by atoms with Gasteiger partial charge in [-0.25, -0.2) is 0 Å². The lowest BCUT2D eigenvalue weighted by atomic mass is 10.1. The zero-order chi connectivity index (χ0) is 26.4. The zero-order valence-electron chi connectivity index (χ0n) is 20.5. The highest BCUT2D eigenvalue weighted by molar-refractivity contribution is 5.96. The number of rotatable bonds is 9. The highest BCUT2D eigenvalue weighted by Gasteiger charge is 2.45. The van der Waals surface area contributed by atoms with E-state index in [0.717, 1.165) is 6.42 Å². The van der Waals surface area contributed by atoms with E-state index in [2.05, 4.69) is 10.6 Å². The van der Waals surface area contributed by atoms with Crippen molar-refractivity contribution in [2.45, 2.75) is 75.7 Å². The van der Waals surface area contributed by atoms with Gasteiger partial charge in [-0.2, -0.15) is 0 Å². The Labute approximate surface area is 209 Å². The standard InChI is InChI=1S/C23H35N6O7/c1-14(26-19(32)11-25-20(33)16(24)13-31)21(34)28-9-3-7-18(28)23(36)29-10-4-6-17(29)22(35)27-8-2-5-15(27)12-30/h14-18,31H,2-11,13,24H2,1H3,(H,25,33)(H,26,32)/t14-,15-,16-,17-,18-/m0/s1. The fourth-order valence-corrected chi connectivity index (χ4v) is 5.09. The third-order valence-electron chi connectivity index (χ3n) is 7.02. The molecule has 0 aromatic heterocycles. The number of aliphatic hydroxyl groups is 1. The number of nitrogens with one attached hydrogen (secondary N) is 2. The Hall–Kier alpha value is -3.06. The van der Waals surface area contributed by atoms with Crippen LogP contribution >= 0.6 is 0 Å². The Balaban J connectivity index is 1.59. The molecule has 5 atom stereocenters. The topological polar surface area (TPSA) is 182 Å². The molecular formula is C23H35N6O7. The number of carbonyl (C=O) groups is 5. The lowest BCUT2D eigenvalue weighted by Gasteiger charge is -2.34. The predicted octanol–water partition coefficient (Wildman–Crippen LogP) is -2.99. The number of hydrogen-bond acceptors (Lipinski definition) is 8. The van der Waals surface area contributed by atoms with Crippen molar-refractivity contribution in [2.75, 3.05) is 32.8 Å². The van der Waals surface area contributed by atoms with E-state index in [9.17, 15) is 28.8 Å². The van der Waals surface area contributed by atoms with E-state index < -0.39 is 61.1 Å². The second-order valence-corrected chi connectivity index (χ2v) is 9.48. The van der Waals surface area contributed by atoms with E-state index >= 15 is 0 Å². The van der Waals surface area contributed by atoms with Crippen molar-refractivity contribution in [2.24, 2.45) is 5.73 Å². The largest absolute Gasteiger partial charge is 0.394 e. The van der Waals surface area contributed by atoms with Crippen LogP contribution in [0.1, 0.15) is 45.4 Å². The Bertz CT molecular complexity index is 883. The molecule has 13 heteroatoms. The molecule has 0 bridgehead atoms. The average Bonchev–Trinajstić information content (AvgIpc) is 3.65. The molecule has 0 spiro atoms. The van der Waals surface area contributed by atoms with Gasteiger partial charge in [0.15, 0.2) is 0 Å². The Morgan fingerprint density at radius 3 is 2.14 bits per heavy atom. The van der Waals surface area contributed by atoms with Crippen molar-refractivity contribution in [1.82, 2.24) is 25.3 Å². The van der Waals surface area contributed by atoms with Gasteiger partial charge in [-0.15, -0.1) is 0 Å². The monoisotopic (exact) mass is 507 g/mol. The Morgan fingerprint density at radius 2 is 1.50 bits per heavy atom. The molecular weight excluding hydrogens is 472 g/mol. The first-order valence-electron chi connectivity index (χ1n) is 12.4. The van der Waals surface area contributed by atoms with Crippen molar-refractivity contribution in [3.63, 3.8) is 0 Å². The van der Waals surface area contributed by atoms with Gasteiger partial charge in [0.1, 0.15) is 24.2 Å². The van der Waals surface area contributed by atoms with E-state index in [1.807, 2.05) is 6.29 Å². The van der Waals surface area contributed by atoms with Gasteiger partial charge < -0.3 is 36.2 Å². The summed E-state index contributed by atoms with van der Waals surface area (Å²) in [7, 11) is 0. The third kappa shape index (κ3) is 6.01. The SMILES string of the molecule is C[C@H](NC(=O)CNC(=O)[C@@H](N)CO)C(=O)N1CCC[C@H]1C(=O)N1CCC[C@H]1C(=O)N1CCC[C@H]1[C]=O. The molecule has 0 saturated carbocycles. The number of amides is 5. The van der Waals surface area contributed by atoms with Crippen molar-refractivity contribution < 1.29 is 33.9 Å². The van der Waals surface area contributed by atoms with Crippen LogP contribution in [0.25, 0.3) is 0 Å². The van der Waals surface area contributed by atoms with Gasteiger partial charge in [0.2, 0.25) is 35.8 Å². The first-order valence-corrected chi connectivity index (χ1v) is 12.4. The van der Waals surface area contributed by atoms with E-state index in [1.165, 1.54) is 21.6 Å². The van der Waals surface area contributed by atoms with E-state index in [-0.39, 0.29) is 11.8 Å². The summed E-state index contributed by atoms with van der Waals surface area (Å²) in [6.07, 6.45) is 5.43. The average molecular weight is 508 g/mol. The number of carbonyl (C=O) groups excluding carboxylic acids is 6. The van der Waals surface area contributed by atoms with Crippen molar-refractivity contribution in [1.29, 1.82) is 0 Å². The highest BCUT2D eigenvalue weighted by Crippen LogP contribution is 2.28. The maximum absolute atomic E-state index is 13.5. The van der Waals surface area contributed by atoms with Crippen LogP contribution in [0, 0.1) is 0 Å². The number of likely N-dealkylation sites (tertiary alicyclic amines) is 3. The van der Waals surface area contributed by atoms with Gasteiger partial charge in [-0.3, -0.25) is 28.8 Å². The smallest absolute Gasteiger partial charge is 0.246 e. The lowest BCUT2D eigenvalue weighted by Crippen LogP contribution is -2.56. The van der Waals surface area contributed by atoms with Crippen LogP contribution in [-0.4, -0.2) is 119 Å². The zero-order valence-corrected chi connectivity index (χ0v) is 20.5. The van der Waals surface area contributed by atoms with E-state index in [4.69, 9.17) is 10.8 Å². The van der Waals surface area contributed by atoms with Crippen LogP contribution < -0.4 is 16.4 Å². The van der Waals surface area contributed by atoms with Crippen LogP contribution in [0.3, 0.4) is 0 Å². The summed E-state index contributed by atoms with van der Waals surface area (Å²) in [5, 5.41) is 13.7. The van der Waals surface area contributed by atoms with Gasteiger partial charge in [0, 0.05) is 19.6 Å². The first-order chi connectivity index (χ1) is 17.2. The molecule has 3 fully saturated rings. The van der Waals surface area contributed by atoms with Crippen LogP contribution in [-0.2, 0) is 28.8 Å². The van der Waals surface area contributed by atoms with Crippen molar-refractivity contribution >= 4 is 35.8 Å². The maximum atomic E-state index is 13.5. The molecule has 3 aliphatic rings. The van der Waals surface area contributed by atoms with Crippen molar-refractivity contribution in [3.8, 4) is 0 Å². The van der Waals surface area contributed by atoms with Gasteiger partial charge >= 0.3 is 0 Å². The van der Waals surface area contributed by atoms with Gasteiger partial charge in [0.05, 0.1) is 19.2 Å². The molecule has 0 aromatic rings. The molecule has 5 N–H and O–H groups in total. The molecule has 5 amide bonds. The number of aliphatic hydroxyl groups excluding tert-OH is 1. The molecule has 0 aromatic carbocycles. The van der Waals surface area contributed by atoms with Gasteiger partial charge in [0.25, 0.3) is 0 Å². The van der Waals surface area contributed by atoms with Crippen molar-refractivity contribution in [3.05, 3.63) is 0 Å². The van der Waals surface area contributed by atoms with Gasteiger partial charge in [-0.05, 0) is 45.4 Å². The molecule has 3 saturated heterocycles. The minimum absolute atomic E-state index is 0.244. The molecule has 3 rings (SSSR count). The van der Waals surface area contributed by atoms with Crippen LogP contribution in [0.15, 0.2) is 0 Å². The van der Waals surface area contributed by atoms with Crippen LogP contribution in [0.5, 0.6) is 0 Å². The van der Waals surface area contributed by atoms with E-state index in [0.29, 0.717) is 51.7 Å². The second kappa shape index (κ2) is 12.3. The normalized spacial score (nSPS) is 25.4. The molecule has 36 heavy (non-hydrogen) atoms. The Morgan fingerprint density at radius 1 is 0.944 bits per heavy atom. The number of nitrogens with zero attached hydrogens (tertiary/aromatic N) is 3. The molecule has 199 valence electrons. The summed E-state index contributed by atoms with van der Waals surface area (Å²) in [5.74, 6) is -2.29. The summed E-state index contributed by atoms with van der Waals surface area (Å²) in [6.45, 7) is 1.73. The highest BCUT2D eigenvalue weighted by atomic mass is 16.3. The Kier molecular flexibility index (Phi) is 9.37. The summed E-state index contributed by atoms with van der Waals surface area (Å²) < 4.78 is 0. The summed E-state index contributed by atoms with van der Waals surface area (Å²) in [6, 6.07) is -4.07. The lowest BCUT2D eigenvalue weighted by molar-refractivity contribution is -0.149. The molecule has 3 aliphatic heterocycles. The summed E-state index contributed by atoms with van der Waals surface area (Å²) in [4.78, 5) is 79.2. The number of hydrogen-bond donors (Lipinski definition) is 4. The maximum Gasteiger partial charge on any atom is 0.246 e. The molecule has 0 unspecified atom stereocenters. The fourth-order valence-electron chi connectivity index (χ4n) is 5.09. The van der Waals surface area contributed by atoms with Crippen LogP contribution in [0.4, 0.5) is 0 Å².